The standard InChI is InChI=1S/C15H26O3/c1-12-13(11-17-14(12)16)9-7-5-6-8-10-18-15(2,3)4/h5-11H2,1-4H3. The predicted octanol–water partition coefficient (Wildman–Crippen LogP) is 3.63. The minimum Gasteiger partial charge on any atom is -0.458 e. The number of ether oxygens (including phenoxy) is 2. The van der Waals surface area contributed by atoms with E-state index in [0.717, 1.165) is 31.4 Å². The lowest BCUT2D eigenvalue weighted by Crippen LogP contribution is -2.19. The van der Waals surface area contributed by atoms with Crippen molar-refractivity contribution in [1.29, 1.82) is 0 Å². The Kier molecular flexibility index (Phi) is 5.86. The molecule has 0 saturated carbocycles. The average molecular weight is 254 g/mol. The fourth-order valence-electron chi connectivity index (χ4n) is 1.95. The highest BCUT2D eigenvalue weighted by atomic mass is 16.5. The number of hydrogen-bond acceptors (Lipinski definition) is 3. The lowest BCUT2D eigenvalue weighted by atomic mass is 10.0. The van der Waals surface area contributed by atoms with E-state index in [1.807, 2.05) is 6.92 Å². The molecule has 0 bridgehead atoms. The summed E-state index contributed by atoms with van der Waals surface area (Å²) in [4.78, 5) is 11.2. The molecule has 0 unspecified atom stereocenters. The van der Waals surface area contributed by atoms with Crippen LogP contribution < -0.4 is 0 Å². The van der Waals surface area contributed by atoms with E-state index in [9.17, 15) is 4.79 Å². The third-order valence-corrected chi connectivity index (χ3v) is 3.12. The van der Waals surface area contributed by atoms with E-state index < -0.39 is 0 Å². The summed E-state index contributed by atoms with van der Waals surface area (Å²) in [5.74, 6) is -0.136. The molecular formula is C15H26O3. The van der Waals surface area contributed by atoms with E-state index in [2.05, 4.69) is 20.8 Å². The Morgan fingerprint density at radius 1 is 1.17 bits per heavy atom. The predicted molar refractivity (Wildman–Crippen MR) is 72.4 cm³/mol. The van der Waals surface area contributed by atoms with Crippen molar-refractivity contribution in [3.05, 3.63) is 11.1 Å². The van der Waals surface area contributed by atoms with Gasteiger partial charge < -0.3 is 9.47 Å². The molecule has 1 aliphatic heterocycles. The molecule has 0 aromatic heterocycles. The molecule has 0 atom stereocenters. The summed E-state index contributed by atoms with van der Waals surface area (Å²) in [6.45, 7) is 9.46. The largest absolute Gasteiger partial charge is 0.458 e. The maximum atomic E-state index is 11.2. The van der Waals surface area contributed by atoms with Gasteiger partial charge in [-0.25, -0.2) is 4.79 Å². The molecular weight excluding hydrogens is 228 g/mol. The van der Waals surface area contributed by atoms with E-state index in [1.54, 1.807) is 0 Å². The Labute approximate surface area is 111 Å². The van der Waals surface area contributed by atoms with Crippen LogP contribution in [-0.2, 0) is 14.3 Å². The van der Waals surface area contributed by atoms with Crippen molar-refractivity contribution in [2.24, 2.45) is 0 Å². The molecule has 104 valence electrons. The molecule has 0 aromatic rings. The first-order valence-corrected chi connectivity index (χ1v) is 6.90. The van der Waals surface area contributed by atoms with Crippen LogP contribution in [0.3, 0.4) is 0 Å². The molecule has 0 radical (unpaired) electrons. The van der Waals surface area contributed by atoms with Crippen LogP contribution in [0.15, 0.2) is 11.1 Å². The Bertz CT molecular complexity index is 310. The lowest BCUT2D eigenvalue weighted by Gasteiger charge is -2.19. The molecule has 1 rings (SSSR count). The van der Waals surface area contributed by atoms with Crippen LogP contribution in [0.2, 0.25) is 0 Å². The van der Waals surface area contributed by atoms with Gasteiger partial charge in [0, 0.05) is 12.2 Å². The monoisotopic (exact) mass is 254 g/mol. The number of rotatable bonds is 7. The molecule has 0 fully saturated rings. The zero-order valence-electron chi connectivity index (χ0n) is 12.2. The average Bonchev–Trinajstić information content (AvgIpc) is 2.58. The number of carbonyl (C=O) groups is 1. The van der Waals surface area contributed by atoms with Gasteiger partial charge in [-0.3, -0.25) is 0 Å². The number of hydrogen-bond donors (Lipinski definition) is 0. The minimum atomic E-state index is -0.136. The third-order valence-electron chi connectivity index (χ3n) is 3.12. The smallest absolute Gasteiger partial charge is 0.334 e. The van der Waals surface area contributed by atoms with Crippen molar-refractivity contribution in [3.63, 3.8) is 0 Å². The van der Waals surface area contributed by atoms with Crippen LogP contribution >= 0.6 is 0 Å². The first-order valence-electron chi connectivity index (χ1n) is 6.90. The third kappa shape index (κ3) is 5.67. The highest BCUT2D eigenvalue weighted by molar-refractivity contribution is 5.90. The number of carbonyl (C=O) groups excluding carboxylic acids is 1. The van der Waals surface area contributed by atoms with Gasteiger partial charge >= 0.3 is 5.97 Å². The van der Waals surface area contributed by atoms with Crippen molar-refractivity contribution < 1.29 is 14.3 Å². The van der Waals surface area contributed by atoms with E-state index >= 15 is 0 Å². The summed E-state index contributed by atoms with van der Waals surface area (Å²) < 4.78 is 10.6. The molecule has 1 heterocycles. The second-order valence-corrected chi connectivity index (χ2v) is 5.93. The second-order valence-electron chi connectivity index (χ2n) is 5.93. The maximum absolute atomic E-state index is 11.2. The highest BCUT2D eigenvalue weighted by Gasteiger charge is 2.19. The van der Waals surface area contributed by atoms with Crippen LogP contribution in [0, 0.1) is 0 Å². The molecule has 0 amide bonds. The Balaban J connectivity index is 2.01. The summed E-state index contributed by atoms with van der Waals surface area (Å²) in [5, 5.41) is 0. The summed E-state index contributed by atoms with van der Waals surface area (Å²) in [6, 6.07) is 0. The quantitative estimate of drug-likeness (QED) is 0.514. The summed E-state index contributed by atoms with van der Waals surface area (Å²) in [7, 11) is 0. The fraction of sp³-hybridized carbons (Fsp3) is 0.800. The number of esters is 1. The van der Waals surface area contributed by atoms with Crippen LogP contribution in [0.25, 0.3) is 0 Å². The first-order chi connectivity index (χ1) is 8.40. The van der Waals surface area contributed by atoms with Gasteiger partial charge in [-0.2, -0.15) is 0 Å². The molecule has 0 saturated heterocycles. The number of cyclic esters (lactones) is 1. The van der Waals surface area contributed by atoms with E-state index in [-0.39, 0.29) is 11.6 Å². The van der Waals surface area contributed by atoms with Crippen molar-refractivity contribution in [2.45, 2.75) is 65.4 Å². The van der Waals surface area contributed by atoms with Crippen LogP contribution in [-0.4, -0.2) is 24.8 Å². The summed E-state index contributed by atoms with van der Waals surface area (Å²) in [6.07, 6.45) is 5.64. The van der Waals surface area contributed by atoms with Crippen LogP contribution in [0.5, 0.6) is 0 Å². The topological polar surface area (TPSA) is 35.5 Å². The van der Waals surface area contributed by atoms with Crippen LogP contribution in [0.1, 0.15) is 59.8 Å². The van der Waals surface area contributed by atoms with Gasteiger partial charge in [0.15, 0.2) is 0 Å². The molecule has 3 heteroatoms. The minimum absolute atomic E-state index is 0.0243. The van der Waals surface area contributed by atoms with Crippen LogP contribution in [0.4, 0.5) is 0 Å². The van der Waals surface area contributed by atoms with Gasteiger partial charge in [-0.15, -0.1) is 0 Å². The highest BCUT2D eigenvalue weighted by Crippen LogP contribution is 2.21. The first kappa shape index (κ1) is 15.2. The van der Waals surface area contributed by atoms with Gasteiger partial charge in [0.1, 0.15) is 6.61 Å². The second kappa shape index (κ2) is 6.93. The van der Waals surface area contributed by atoms with Gasteiger partial charge in [0.05, 0.1) is 5.60 Å². The van der Waals surface area contributed by atoms with Crippen molar-refractivity contribution in [3.8, 4) is 0 Å². The Morgan fingerprint density at radius 3 is 2.39 bits per heavy atom. The van der Waals surface area contributed by atoms with E-state index in [0.29, 0.717) is 6.61 Å². The van der Waals surface area contributed by atoms with Gasteiger partial charge in [0.2, 0.25) is 0 Å². The zero-order valence-corrected chi connectivity index (χ0v) is 12.2. The van der Waals surface area contributed by atoms with Crippen molar-refractivity contribution in [2.75, 3.05) is 13.2 Å². The SMILES string of the molecule is CC1=C(CCCCCCOC(C)(C)C)COC1=O. The maximum Gasteiger partial charge on any atom is 0.334 e. The lowest BCUT2D eigenvalue weighted by molar-refractivity contribution is -0.135. The molecule has 0 aliphatic carbocycles. The van der Waals surface area contributed by atoms with Gasteiger partial charge in [0.25, 0.3) is 0 Å². The molecule has 0 aromatic carbocycles. The normalized spacial score (nSPS) is 16.3. The Morgan fingerprint density at radius 2 is 1.83 bits per heavy atom. The number of unbranched alkanes of at least 4 members (excludes halogenated alkanes) is 3. The van der Waals surface area contributed by atoms with Crippen molar-refractivity contribution in [1.82, 2.24) is 0 Å². The van der Waals surface area contributed by atoms with E-state index in [4.69, 9.17) is 9.47 Å². The molecule has 18 heavy (non-hydrogen) atoms. The molecule has 3 nitrogen and oxygen atoms in total. The fourth-order valence-corrected chi connectivity index (χ4v) is 1.95. The summed E-state index contributed by atoms with van der Waals surface area (Å²) in [5.41, 5.74) is 1.99. The molecule has 1 aliphatic rings. The van der Waals surface area contributed by atoms with Gasteiger partial charge in [-0.05, 0) is 52.5 Å². The van der Waals surface area contributed by atoms with Crippen molar-refractivity contribution >= 4 is 5.97 Å². The summed E-state index contributed by atoms with van der Waals surface area (Å²) >= 11 is 0. The molecule has 0 N–H and O–H groups in total. The molecule has 0 spiro atoms. The van der Waals surface area contributed by atoms with Gasteiger partial charge in [-0.1, -0.05) is 12.8 Å². The van der Waals surface area contributed by atoms with E-state index in [1.165, 1.54) is 18.4 Å². The Hall–Kier alpha value is -0.830. The zero-order chi connectivity index (χ0) is 13.6.